The van der Waals surface area contributed by atoms with E-state index in [4.69, 9.17) is 14.0 Å². The number of benzene rings is 2. The molecule has 7 heteroatoms. The molecule has 1 aliphatic rings. The lowest BCUT2D eigenvalue weighted by molar-refractivity contribution is -0.130. The second-order valence-corrected chi connectivity index (χ2v) is 8.18. The number of likely N-dealkylation sites (tertiary alicyclic amines) is 1. The van der Waals surface area contributed by atoms with Gasteiger partial charge in [-0.05, 0) is 56.0 Å². The van der Waals surface area contributed by atoms with Gasteiger partial charge in [-0.1, -0.05) is 35.8 Å². The van der Waals surface area contributed by atoms with Gasteiger partial charge in [0.25, 0.3) is 0 Å². The zero-order valence-electron chi connectivity index (χ0n) is 19.1. The highest BCUT2D eigenvalue weighted by molar-refractivity contribution is 5.79. The first-order chi connectivity index (χ1) is 15.5. The Kier molecular flexibility index (Phi) is 6.44. The standard InChI is InChI=1S/C25H29N3O4/c1-5-12-31-21-10-8-18(14-22(21)30-4)24-26-25(32-27-24)20-9-11-23(29)28(20)15-19-7-6-16(2)13-17(19)3/h6-8,10,13-14,20H,5,9,11-12,15H2,1-4H3. The molecule has 32 heavy (non-hydrogen) atoms. The highest BCUT2D eigenvalue weighted by Gasteiger charge is 2.36. The Bertz CT molecular complexity index is 1110. The largest absolute Gasteiger partial charge is 0.493 e. The average Bonchev–Trinajstić information content (AvgIpc) is 3.41. The van der Waals surface area contributed by atoms with Gasteiger partial charge in [-0.3, -0.25) is 4.79 Å². The Morgan fingerprint density at radius 3 is 2.75 bits per heavy atom. The SMILES string of the molecule is CCCOc1ccc(-c2noc(C3CCC(=O)N3Cc3ccc(C)cc3C)n2)cc1OC. The number of aryl methyl sites for hydroxylation is 2. The molecule has 4 rings (SSSR count). The van der Waals surface area contributed by atoms with E-state index in [1.807, 2.05) is 23.1 Å². The van der Waals surface area contributed by atoms with Crippen molar-refractivity contribution in [1.82, 2.24) is 15.0 Å². The van der Waals surface area contributed by atoms with Crippen LogP contribution in [-0.2, 0) is 11.3 Å². The molecule has 3 aromatic rings. The number of nitrogens with zero attached hydrogens (tertiary/aromatic N) is 3. The van der Waals surface area contributed by atoms with E-state index in [9.17, 15) is 4.79 Å². The number of carbonyl (C=O) groups is 1. The average molecular weight is 436 g/mol. The number of methoxy groups -OCH3 is 1. The van der Waals surface area contributed by atoms with E-state index in [-0.39, 0.29) is 11.9 Å². The van der Waals surface area contributed by atoms with Gasteiger partial charge in [-0.25, -0.2) is 0 Å². The van der Waals surface area contributed by atoms with Crippen molar-refractivity contribution in [3.05, 3.63) is 59.0 Å². The molecule has 2 aromatic carbocycles. The van der Waals surface area contributed by atoms with Crippen LogP contribution >= 0.6 is 0 Å². The molecule has 1 fully saturated rings. The summed E-state index contributed by atoms with van der Waals surface area (Å²) in [6.07, 6.45) is 2.06. The summed E-state index contributed by atoms with van der Waals surface area (Å²) in [5, 5.41) is 4.17. The van der Waals surface area contributed by atoms with Crippen LogP contribution in [0.25, 0.3) is 11.4 Å². The summed E-state index contributed by atoms with van der Waals surface area (Å²) in [6.45, 7) is 7.35. The van der Waals surface area contributed by atoms with Crippen molar-refractivity contribution >= 4 is 5.91 Å². The molecular formula is C25H29N3O4. The van der Waals surface area contributed by atoms with Crippen molar-refractivity contribution in [2.75, 3.05) is 13.7 Å². The Balaban J connectivity index is 1.56. The molecule has 1 aromatic heterocycles. The van der Waals surface area contributed by atoms with Crippen molar-refractivity contribution in [3.63, 3.8) is 0 Å². The molecule has 0 saturated carbocycles. The first-order valence-corrected chi connectivity index (χ1v) is 11.0. The Hall–Kier alpha value is -3.35. The molecule has 0 radical (unpaired) electrons. The van der Waals surface area contributed by atoms with Crippen LogP contribution in [0, 0.1) is 13.8 Å². The van der Waals surface area contributed by atoms with Crippen LogP contribution in [-0.4, -0.2) is 34.7 Å². The fourth-order valence-electron chi connectivity index (χ4n) is 4.02. The number of rotatable bonds is 8. The normalized spacial score (nSPS) is 15.9. The first kappa shape index (κ1) is 21.9. The topological polar surface area (TPSA) is 77.7 Å². The molecule has 0 bridgehead atoms. The molecule has 0 spiro atoms. The summed E-state index contributed by atoms with van der Waals surface area (Å²) in [5.74, 6) is 2.33. The third-order valence-electron chi connectivity index (χ3n) is 5.78. The second kappa shape index (κ2) is 9.42. The number of hydrogen-bond donors (Lipinski definition) is 0. The van der Waals surface area contributed by atoms with Crippen molar-refractivity contribution < 1.29 is 18.8 Å². The lowest BCUT2D eigenvalue weighted by Gasteiger charge is -2.23. The number of hydrogen-bond acceptors (Lipinski definition) is 6. The molecule has 168 valence electrons. The van der Waals surface area contributed by atoms with Gasteiger partial charge in [0.2, 0.25) is 17.6 Å². The molecule has 1 saturated heterocycles. The van der Waals surface area contributed by atoms with Crippen LogP contribution in [0.2, 0.25) is 0 Å². The minimum absolute atomic E-state index is 0.105. The number of aromatic nitrogens is 2. The molecule has 1 unspecified atom stereocenters. The summed E-state index contributed by atoms with van der Waals surface area (Å²) in [4.78, 5) is 19.1. The Morgan fingerprint density at radius 1 is 1.16 bits per heavy atom. The van der Waals surface area contributed by atoms with Crippen LogP contribution in [0.1, 0.15) is 54.8 Å². The lowest BCUT2D eigenvalue weighted by Crippen LogP contribution is -2.27. The number of ether oxygens (including phenoxy) is 2. The maximum atomic E-state index is 12.6. The molecule has 1 aliphatic heterocycles. The molecule has 0 aliphatic carbocycles. The predicted molar refractivity (Wildman–Crippen MR) is 121 cm³/mol. The van der Waals surface area contributed by atoms with Crippen molar-refractivity contribution in [3.8, 4) is 22.9 Å². The van der Waals surface area contributed by atoms with E-state index in [0.717, 1.165) is 17.5 Å². The Morgan fingerprint density at radius 2 is 2.00 bits per heavy atom. The summed E-state index contributed by atoms with van der Waals surface area (Å²) in [7, 11) is 1.61. The fraction of sp³-hybridized carbons (Fsp3) is 0.400. The molecule has 7 nitrogen and oxygen atoms in total. The number of amides is 1. The molecule has 1 amide bonds. The van der Waals surface area contributed by atoms with Crippen LogP contribution in [0.15, 0.2) is 40.9 Å². The minimum Gasteiger partial charge on any atom is -0.493 e. The van der Waals surface area contributed by atoms with E-state index < -0.39 is 0 Å². The van der Waals surface area contributed by atoms with Gasteiger partial charge in [0.1, 0.15) is 6.04 Å². The highest BCUT2D eigenvalue weighted by atomic mass is 16.5. The molecular weight excluding hydrogens is 406 g/mol. The minimum atomic E-state index is -0.224. The van der Waals surface area contributed by atoms with Crippen molar-refractivity contribution in [1.29, 1.82) is 0 Å². The zero-order chi connectivity index (χ0) is 22.7. The maximum absolute atomic E-state index is 12.6. The molecule has 2 heterocycles. The van der Waals surface area contributed by atoms with Crippen molar-refractivity contribution in [2.24, 2.45) is 0 Å². The fourth-order valence-corrected chi connectivity index (χ4v) is 4.02. The van der Waals surface area contributed by atoms with Gasteiger partial charge >= 0.3 is 0 Å². The van der Waals surface area contributed by atoms with Crippen molar-refractivity contribution in [2.45, 2.75) is 52.6 Å². The van der Waals surface area contributed by atoms with Gasteiger partial charge in [-0.15, -0.1) is 0 Å². The Labute approximate surface area is 188 Å². The smallest absolute Gasteiger partial charge is 0.249 e. The summed E-state index contributed by atoms with van der Waals surface area (Å²) in [6, 6.07) is 11.6. The van der Waals surface area contributed by atoms with Gasteiger partial charge in [0.15, 0.2) is 11.5 Å². The van der Waals surface area contributed by atoms with Gasteiger partial charge in [0.05, 0.1) is 13.7 Å². The van der Waals surface area contributed by atoms with Gasteiger partial charge < -0.3 is 18.9 Å². The van der Waals surface area contributed by atoms with E-state index in [0.29, 0.717) is 49.2 Å². The van der Waals surface area contributed by atoms with Crippen LogP contribution in [0.5, 0.6) is 11.5 Å². The van der Waals surface area contributed by atoms with Crippen LogP contribution in [0.3, 0.4) is 0 Å². The zero-order valence-corrected chi connectivity index (χ0v) is 19.1. The predicted octanol–water partition coefficient (Wildman–Crippen LogP) is 5.01. The van der Waals surface area contributed by atoms with Gasteiger partial charge in [0, 0.05) is 18.5 Å². The second-order valence-electron chi connectivity index (χ2n) is 8.18. The third-order valence-corrected chi connectivity index (χ3v) is 5.78. The molecule has 0 N–H and O–H groups in total. The van der Waals surface area contributed by atoms with Crippen LogP contribution < -0.4 is 9.47 Å². The maximum Gasteiger partial charge on any atom is 0.249 e. The lowest BCUT2D eigenvalue weighted by atomic mass is 10.0. The van der Waals surface area contributed by atoms with Crippen LogP contribution in [0.4, 0.5) is 0 Å². The van der Waals surface area contributed by atoms with E-state index in [1.165, 1.54) is 11.1 Å². The summed E-state index contributed by atoms with van der Waals surface area (Å²) >= 11 is 0. The monoisotopic (exact) mass is 435 g/mol. The summed E-state index contributed by atoms with van der Waals surface area (Å²) < 4.78 is 16.8. The van der Waals surface area contributed by atoms with E-state index in [1.54, 1.807) is 7.11 Å². The summed E-state index contributed by atoms with van der Waals surface area (Å²) in [5.41, 5.74) is 4.28. The number of carbonyl (C=O) groups excluding carboxylic acids is 1. The van der Waals surface area contributed by atoms with Gasteiger partial charge in [-0.2, -0.15) is 4.98 Å². The third kappa shape index (κ3) is 4.47. The highest BCUT2D eigenvalue weighted by Crippen LogP contribution is 2.36. The van der Waals surface area contributed by atoms with E-state index in [2.05, 4.69) is 49.1 Å². The van der Waals surface area contributed by atoms with E-state index >= 15 is 0 Å². The first-order valence-electron chi connectivity index (χ1n) is 11.0. The quantitative estimate of drug-likeness (QED) is 0.495. The molecule has 1 atom stereocenters.